The number of Topliss-reactive ketones (excluding diaryl/α,β-unsaturated/α-hetero) is 1. The van der Waals surface area contributed by atoms with E-state index in [1.54, 1.807) is 0 Å². The van der Waals surface area contributed by atoms with E-state index in [4.69, 9.17) is 4.98 Å². The van der Waals surface area contributed by atoms with E-state index in [9.17, 15) is 0 Å². The molecule has 0 atom stereocenters. The summed E-state index contributed by atoms with van der Waals surface area (Å²) in [7, 11) is -0.374. The van der Waals surface area contributed by atoms with Crippen molar-refractivity contribution < 1.29 is 4.79 Å². The molecule has 0 spiro atoms. The lowest BCUT2D eigenvalue weighted by molar-refractivity contribution is 0.101. The molecule has 0 amide bonds. The number of rotatable bonds is 7. The number of para-hydroxylation sites is 2. The molecule has 0 fully saturated rings. The highest BCUT2D eigenvalue weighted by atomic mass is 31.2. The first kappa shape index (κ1) is 25.2. The van der Waals surface area contributed by atoms with Gasteiger partial charge in [0, 0.05) is 12.6 Å². The van der Waals surface area contributed by atoms with Crippen molar-refractivity contribution in [3.05, 3.63) is 151 Å². The number of carbonyl (C=O) groups is 1. The Kier molecular flexibility index (Phi) is 6.34. The lowest BCUT2D eigenvalue weighted by Crippen LogP contribution is -2.36. The third-order valence-electron chi connectivity index (χ3n) is 7.93. The Bertz CT molecular complexity index is 1880. The fourth-order valence-corrected chi connectivity index (χ4v) is 10.1. The molecular formula is C36H29N3OP+. The number of hydrogen-bond acceptors (Lipinski definition) is 2. The third kappa shape index (κ3) is 4.11. The summed E-state index contributed by atoms with van der Waals surface area (Å²) in [5.74, 6) is 0.842. The average Bonchev–Trinajstić information content (AvgIpc) is 3.57. The molecule has 2 heterocycles. The van der Waals surface area contributed by atoms with E-state index >= 15 is 4.79 Å². The van der Waals surface area contributed by atoms with Gasteiger partial charge in [0.1, 0.15) is 40.7 Å². The molecule has 41 heavy (non-hydrogen) atoms. The summed E-state index contributed by atoms with van der Waals surface area (Å²) in [5.41, 5.74) is 4.31. The molecule has 4 nitrogen and oxygen atoms in total. The van der Waals surface area contributed by atoms with Crippen molar-refractivity contribution in [3.63, 3.8) is 0 Å². The Morgan fingerprint density at radius 1 is 0.610 bits per heavy atom. The molecule has 0 aliphatic rings. The van der Waals surface area contributed by atoms with Gasteiger partial charge >= 0.3 is 0 Å². The summed E-state index contributed by atoms with van der Waals surface area (Å²) in [5, 5.41) is 3.56. The van der Waals surface area contributed by atoms with Crippen LogP contribution >= 0.6 is 7.26 Å². The minimum Gasteiger partial charge on any atom is -0.313 e. The fraction of sp³-hybridized carbons (Fsp3) is 0.0556. The minimum atomic E-state index is -2.39. The molecular weight excluding hydrogens is 521 g/mol. The smallest absolute Gasteiger partial charge is 0.220 e. The van der Waals surface area contributed by atoms with Crippen LogP contribution in [0.3, 0.4) is 0 Å². The average molecular weight is 551 g/mol. The van der Waals surface area contributed by atoms with Crippen LogP contribution < -0.4 is 15.9 Å². The van der Waals surface area contributed by atoms with Gasteiger partial charge in [-0.05, 0) is 48.5 Å². The summed E-state index contributed by atoms with van der Waals surface area (Å²) in [4.78, 5) is 20.2. The van der Waals surface area contributed by atoms with Crippen LogP contribution in [0, 0.1) is 0 Å². The largest absolute Gasteiger partial charge is 0.313 e. The molecule has 0 aliphatic carbocycles. The SMILES string of the molecule is Cn1c2ccccc2n2c(C(=O)C[P+](c3ccccc3)(c3ccccc3)c3ccccc3)c(-c3ccccc3)nc12. The minimum absolute atomic E-state index is 0.0811. The van der Waals surface area contributed by atoms with Crippen LogP contribution in [0.2, 0.25) is 0 Å². The van der Waals surface area contributed by atoms with Gasteiger partial charge in [-0.3, -0.25) is 9.20 Å². The number of nitrogens with zero attached hydrogens (tertiary/aromatic N) is 3. The summed E-state index contributed by atoms with van der Waals surface area (Å²) < 4.78 is 4.14. The van der Waals surface area contributed by atoms with Crippen LogP contribution in [-0.4, -0.2) is 25.9 Å². The Labute approximate surface area is 239 Å². The number of aromatic nitrogens is 3. The number of imidazole rings is 2. The van der Waals surface area contributed by atoms with Gasteiger partial charge in [0.2, 0.25) is 11.6 Å². The zero-order valence-electron chi connectivity index (χ0n) is 22.8. The molecule has 0 saturated heterocycles. The topological polar surface area (TPSA) is 39.3 Å². The van der Waals surface area contributed by atoms with Crippen LogP contribution in [0.5, 0.6) is 0 Å². The second-order valence-corrected chi connectivity index (χ2v) is 13.7. The molecule has 0 bridgehead atoms. The number of fused-ring (bicyclic) bond motifs is 3. The second-order valence-electron chi connectivity index (χ2n) is 10.3. The summed E-state index contributed by atoms with van der Waals surface area (Å²) >= 11 is 0. The zero-order valence-corrected chi connectivity index (χ0v) is 23.7. The monoisotopic (exact) mass is 550 g/mol. The van der Waals surface area contributed by atoms with Gasteiger partial charge in [-0.2, -0.15) is 0 Å². The molecule has 198 valence electrons. The Hall–Kier alpha value is -4.79. The molecule has 7 rings (SSSR count). The van der Waals surface area contributed by atoms with Gasteiger partial charge in [0.15, 0.2) is 0 Å². The van der Waals surface area contributed by atoms with Gasteiger partial charge in [0.05, 0.1) is 11.0 Å². The van der Waals surface area contributed by atoms with E-state index in [1.807, 2.05) is 67.7 Å². The lowest BCUT2D eigenvalue weighted by atomic mass is 10.1. The third-order valence-corrected chi connectivity index (χ3v) is 12.2. The molecule has 0 radical (unpaired) electrons. The fourth-order valence-electron chi connectivity index (χ4n) is 6.02. The molecule has 0 unspecified atom stereocenters. The standard InChI is InChI=1S/C36H29N3OP/c1-38-31-24-14-15-25-32(31)39-35(34(37-36(38)39)27-16-6-2-7-17-27)33(40)26-41(28-18-8-3-9-19-28,29-20-10-4-11-21-29)30-22-12-5-13-23-30/h2-25H,26H2,1H3/q+1. The van der Waals surface area contributed by atoms with Gasteiger partial charge < -0.3 is 4.57 Å². The molecule has 0 aliphatic heterocycles. The maximum Gasteiger partial charge on any atom is 0.220 e. The predicted molar refractivity (Wildman–Crippen MR) is 171 cm³/mol. The van der Waals surface area contributed by atoms with Crippen molar-refractivity contribution in [1.29, 1.82) is 0 Å². The van der Waals surface area contributed by atoms with E-state index in [2.05, 4.69) is 93.9 Å². The van der Waals surface area contributed by atoms with Crippen LogP contribution in [0.25, 0.3) is 28.1 Å². The molecule has 5 heteroatoms. The summed E-state index contributed by atoms with van der Waals surface area (Å²) in [6.45, 7) is 0. The first-order chi connectivity index (χ1) is 20.2. The maximum absolute atomic E-state index is 15.1. The maximum atomic E-state index is 15.1. The zero-order chi connectivity index (χ0) is 27.8. The Morgan fingerprint density at radius 3 is 1.56 bits per heavy atom. The molecule has 7 aromatic rings. The van der Waals surface area contributed by atoms with E-state index in [1.165, 1.54) is 15.9 Å². The van der Waals surface area contributed by atoms with Crippen molar-refractivity contribution in [3.8, 4) is 11.3 Å². The van der Waals surface area contributed by atoms with Crippen LogP contribution in [-0.2, 0) is 7.05 Å². The number of ketones is 1. The van der Waals surface area contributed by atoms with E-state index in [-0.39, 0.29) is 5.78 Å². The van der Waals surface area contributed by atoms with Crippen molar-refractivity contribution >= 4 is 45.8 Å². The van der Waals surface area contributed by atoms with Gasteiger partial charge in [-0.25, -0.2) is 4.98 Å². The Balaban J connectivity index is 1.52. The Morgan fingerprint density at radius 2 is 1.05 bits per heavy atom. The summed E-state index contributed by atoms with van der Waals surface area (Å²) in [6, 6.07) is 50.0. The summed E-state index contributed by atoms with van der Waals surface area (Å²) in [6.07, 6.45) is 0.349. The highest BCUT2D eigenvalue weighted by Gasteiger charge is 2.48. The molecule has 0 N–H and O–H groups in total. The molecule has 2 aromatic heterocycles. The van der Waals surface area contributed by atoms with Crippen LogP contribution in [0.15, 0.2) is 146 Å². The van der Waals surface area contributed by atoms with Crippen LogP contribution in [0.4, 0.5) is 0 Å². The first-order valence-corrected chi connectivity index (χ1v) is 15.8. The van der Waals surface area contributed by atoms with Gasteiger partial charge in [0.25, 0.3) is 0 Å². The van der Waals surface area contributed by atoms with Crippen molar-refractivity contribution in [2.24, 2.45) is 7.05 Å². The van der Waals surface area contributed by atoms with E-state index in [0.717, 1.165) is 28.1 Å². The number of benzene rings is 5. The quantitative estimate of drug-likeness (QED) is 0.164. The van der Waals surface area contributed by atoms with Gasteiger partial charge in [-0.15, -0.1) is 0 Å². The van der Waals surface area contributed by atoms with Crippen molar-refractivity contribution in [2.75, 3.05) is 6.16 Å². The van der Waals surface area contributed by atoms with E-state index < -0.39 is 7.26 Å². The van der Waals surface area contributed by atoms with Crippen LogP contribution in [0.1, 0.15) is 10.5 Å². The van der Waals surface area contributed by atoms with E-state index in [0.29, 0.717) is 11.9 Å². The highest BCUT2D eigenvalue weighted by Crippen LogP contribution is 2.55. The molecule has 0 saturated carbocycles. The normalized spacial score (nSPS) is 11.7. The lowest BCUT2D eigenvalue weighted by Gasteiger charge is -2.27. The van der Waals surface area contributed by atoms with Crippen molar-refractivity contribution in [2.45, 2.75) is 0 Å². The first-order valence-electron chi connectivity index (χ1n) is 13.8. The molecule has 5 aromatic carbocycles. The van der Waals surface area contributed by atoms with Gasteiger partial charge in [-0.1, -0.05) is 97.1 Å². The second kappa shape index (κ2) is 10.3. The number of hydrogen-bond donors (Lipinski definition) is 0. The highest BCUT2D eigenvalue weighted by molar-refractivity contribution is 7.96. The van der Waals surface area contributed by atoms with Crippen molar-refractivity contribution in [1.82, 2.24) is 14.0 Å². The number of carbonyl (C=O) groups excluding carboxylic acids is 1. The number of aryl methyl sites for hydroxylation is 1. The predicted octanol–water partition coefficient (Wildman–Crippen LogP) is 6.67.